The molecule has 1 aliphatic heterocycles. The third-order valence-corrected chi connectivity index (χ3v) is 3.52. The molecule has 3 rings (SSSR count). The Hall–Kier alpha value is -2.00. The van der Waals surface area contributed by atoms with Crippen molar-refractivity contribution in [3.05, 3.63) is 59.7 Å². The summed E-state index contributed by atoms with van der Waals surface area (Å²) in [7, 11) is 0. The number of para-hydroxylation sites is 2. The Morgan fingerprint density at radius 3 is 2.75 bits per heavy atom. The van der Waals surface area contributed by atoms with Crippen LogP contribution in [-0.4, -0.2) is 19.3 Å². The Labute approximate surface area is 119 Å². The van der Waals surface area contributed by atoms with E-state index in [1.165, 1.54) is 5.56 Å². The van der Waals surface area contributed by atoms with Crippen LogP contribution in [-0.2, 0) is 12.8 Å². The predicted octanol–water partition coefficient (Wildman–Crippen LogP) is 2.57. The third-order valence-electron chi connectivity index (χ3n) is 3.52. The quantitative estimate of drug-likeness (QED) is 0.907. The van der Waals surface area contributed by atoms with Crippen LogP contribution in [0.3, 0.4) is 0 Å². The zero-order chi connectivity index (χ0) is 13.8. The second kappa shape index (κ2) is 5.97. The standard InChI is InChI=1S/C17H19NO2/c18-10-9-13-5-1-3-7-16(13)19-12-15-11-14-6-2-4-8-17(14)20-15/h1-8,15H,9-12,18H2. The molecule has 0 bridgehead atoms. The molecule has 0 amide bonds. The number of benzene rings is 2. The van der Waals surface area contributed by atoms with Gasteiger partial charge in [0.05, 0.1) is 0 Å². The first-order chi connectivity index (χ1) is 9.86. The molecule has 20 heavy (non-hydrogen) atoms. The fourth-order valence-corrected chi connectivity index (χ4v) is 2.54. The summed E-state index contributed by atoms with van der Waals surface area (Å²) in [6, 6.07) is 16.2. The number of hydrogen-bond acceptors (Lipinski definition) is 3. The summed E-state index contributed by atoms with van der Waals surface area (Å²) < 4.78 is 11.8. The first-order valence-corrected chi connectivity index (χ1v) is 7.02. The number of nitrogens with two attached hydrogens (primary N) is 1. The van der Waals surface area contributed by atoms with Crippen LogP contribution >= 0.6 is 0 Å². The minimum atomic E-state index is 0.0957. The van der Waals surface area contributed by atoms with Gasteiger partial charge in [-0.05, 0) is 36.2 Å². The Morgan fingerprint density at radius 2 is 1.90 bits per heavy atom. The third kappa shape index (κ3) is 2.78. The highest BCUT2D eigenvalue weighted by molar-refractivity contribution is 5.37. The fraction of sp³-hybridized carbons (Fsp3) is 0.294. The zero-order valence-corrected chi connectivity index (χ0v) is 11.4. The maximum Gasteiger partial charge on any atom is 0.137 e. The SMILES string of the molecule is NCCc1ccccc1OCC1Cc2ccccc2O1. The van der Waals surface area contributed by atoms with Crippen molar-refractivity contribution in [1.82, 2.24) is 0 Å². The van der Waals surface area contributed by atoms with Gasteiger partial charge in [-0.25, -0.2) is 0 Å². The van der Waals surface area contributed by atoms with E-state index in [1.54, 1.807) is 0 Å². The summed E-state index contributed by atoms with van der Waals surface area (Å²) in [5, 5.41) is 0. The monoisotopic (exact) mass is 269 g/mol. The van der Waals surface area contributed by atoms with Crippen LogP contribution < -0.4 is 15.2 Å². The first kappa shape index (κ1) is 13.0. The highest BCUT2D eigenvalue weighted by atomic mass is 16.5. The molecule has 2 aromatic rings. The van der Waals surface area contributed by atoms with Gasteiger partial charge in [0, 0.05) is 6.42 Å². The summed E-state index contributed by atoms with van der Waals surface area (Å²) in [5.41, 5.74) is 8.04. The van der Waals surface area contributed by atoms with Gasteiger partial charge in [0.2, 0.25) is 0 Å². The molecule has 3 nitrogen and oxygen atoms in total. The van der Waals surface area contributed by atoms with Gasteiger partial charge in [-0.1, -0.05) is 36.4 Å². The average molecular weight is 269 g/mol. The molecule has 3 heteroatoms. The topological polar surface area (TPSA) is 44.5 Å². The smallest absolute Gasteiger partial charge is 0.137 e. The Morgan fingerprint density at radius 1 is 1.10 bits per heavy atom. The van der Waals surface area contributed by atoms with Crippen molar-refractivity contribution in [2.24, 2.45) is 5.73 Å². The van der Waals surface area contributed by atoms with Crippen molar-refractivity contribution in [3.63, 3.8) is 0 Å². The van der Waals surface area contributed by atoms with Crippen LogP contribution in [0.15, 0.2) is 48.5 Å². The summed E-state index contributed by atoms with van der Waals surface area (Å²) in [5.74, 6) is 1.90. The molecule has 0 fully saturated rings. The molecule has 0 aliphatic carbocycles. The van der Waals surface area contributed by atoms with Gasteiger partial charge in [0.25, 0.3) is 0 Å². The fourth-order valence-electron chi connectivity index (χ4n) is 2.54. The van der Waals surface area contributed by atoms with E-state index in [1.807, 2.05) is 36.4 Å². The van der Waals surface area contributed by atoms with Crippen molar-refractivity contribution in [3.8, 4) is 11.5 Å². The Kier molecular flexibility index (Phi) is 3.88. The molecule has 1 aliphatic rings. The van der Waals surface area contributed by atoms with Crippen molar-refractivity contribution in [1.29, 1.82) is 0 Å². The normalized spacial score (nSPS) is 16.6. The van der Waals surface area contributed by atoms with E-state index < -0.39 is 0 Å². The lowest BCUT2D eigenvalue weighted by atomic mass is 10.1. The van der Waals surface area contributed by atoms with Gasteiger partial charge in [0.1, 0.15) is 24.2 Å². The van der Waals surface area contributed by atoms with Crippen molar-refractivity contribution >= 4 is 0 Å². The molecule has 104 valence electrons. The lowest BCUT2D eigenvalue weighted by Crippen LogP contribution is -2.22. The number of rotatable bonds is 5. The molecule has 2 N–H and O–H groups in total. The average Bonchev–Trinajstić information content (AvgIpc) is 2.89. The lowest BCUT2D eigenvalue weighted by molar-refractivity contribution is 0.148. The van der Waals surface area contributed by atoms with E-state index in [0.29, 0.717) is 13.2 Å². The van der Waals surface area contributed by atoms with Gasteiger partial charge >= 0.3 is 0 Å². The minimum absolute atomic E-state index is 0.0957. The lowest BCUT2D eigenvalue weighted by Gasteiger charge is -2.14. The summed E-state index contributed by atoms with van der Waals surface area (Å²) in [6.45, 7) is 1.20. The van der Waals surface area contributed by atoms with E-state index in [-0.39, 0.29) is 6.10 Å². The number of ether oxygens (including phenoxy) is 2. The highest BCUT2D eigenvalue weighted by Gasteiger charge is 2.22. The van der Waals surface area contributed by atoms with Crippen LogP contribution in [0.4, 0.5) is 0 Å². The minimum Gasteiger partial charge on any atom is -0.489 e. The van der Waals surface area contributed by atoms with Gasteiger partial charge in [0.15, 0.2) is 0 Å². The van der Waals surface area contributed by atoms with E-state index in [2.05, 4.69) is 12.1 Å². The zero-order valence-electron chi connectivity index (χ0n) is 11.4. The molecule has 2 aromatic carbocycles. The molecule has 0 saturated heterocycles. The molecule has 0 radical (unpaired) electrons. The molecule has 0 aromatic heterocycles. The van der Waals surface area contributed by atoms with Crippen LogP contribution in [0.5, 0.6) is 11.5 Å². The summed E-state index contributed by atoms with van der Waals surface area (Å²) >= 11 is 0. The highest BCUT2D eigenvalue weighted by Crippen LogP contribution is 2.28. The molecular weight excluding hydrogens is 250 g/mol. The molecule has 0 saturated carbocycles. The molecule has 1 unspecified atom stereocenters. The second-order valence-corrected chi connectivity index (χ2v) is 5.01. The Balaban J connectivity index is 1.61. The maximum absolute atomic E-state index is 5.92. The predicted molar refractivity (Wildman–Crippen MR) is 79.3 cm³/mol. The van der Waals surface area contributed by atoms with Gasteiger partial charge < -0.3 is 15.2 Å². The molecule has 0 spiro atoms. The second-order valence-electron chi connectivity index (χ2n) is 5.01. The maximum atomic E-state index is 5.92. The van der Waals surface area contributed by atoms with Crippen LogP contribution in [0.2, 0.25) is 0 Å². The summed E-state index contributed by atoms with van der Waals surface area (Å²) in [6.07, 6.45) is 1.84. The van der Waals surface area contributed by atoms with Crippen LogP contribution in [0.25, 0.3) is 0 Å². The van der Waals surface area contributed by atoms with Gasteiger partial charge in [-0.2, -0.15) is 0 Å². The van der Waals surface area contributed by atoms with Crippen LogP contribution in [0, 0.1) is 0 Å². The first-order valence-electron chi connectivity index (χ1n) is 7.02. The van der Waals surface area contributed by atoms with Crippen LogP contribution in [0.1, 0.15) is 11.1 Å². The molecule has 1 atom stereocenters. The van der Waals surface area contributed by atoms with E-state index >= 15 is 0 Å². The summed E-state index contributed by atoms with van der Waals surface area (Å²) in [4.78, 5) is 0. The van der Waals surface area contributed by atoms with Crippen molar-refractivity contribution in [2.75, 3.05) is 13.2 Å². The number of hydrogen-bond donors (Lipinski definition) is 1. The van der Waals surface area contributed by atoms with E-state index in [9.17, 15) is 0 Å². The van der Waals surface area contributed by atoms with E-state index in [0.717, 1.165) is 29.9 Å². The van der Waals surface area contributed by atoms with Gasteiger partial charge in [-0.15, -0.1) is 0 Å². The van der Waals surface area contributed by atoms with Crippen molar-refractivity contribution < 1.29 is 9.47 Å². The largest absolute Gasteiger partial charge is 0.489 e. The van der Waals surface area contributed by atoms with Gasteiger partial charge in [-0.3, -0.25) is 0 Å². The van der Waals surface area contributed by atoms with E-state index in [4.69, 9.17) is 15.2 Å². The Bertz CT molecular complexity index is 558. The molecule has 1 heterocycles. The van der Waals surface area contributed by atoms with Crippen molar-refractivity contribution in [2.45, 2.75) is 18.9 Å². The molecular formula is C17H19NO2. The number of fused-ring (bicyclic) bond motifs is 1.